The molecular weight excluding hydrogens is 154 g/mol. The van der Waals surface area contributed by atoms with E-state index in [-0.39, 0.29) is 24.5 Å². The molecule has 0 aliphatic carbocycles. The summed E-state index contributed by atoms with van der Waals surface area (Å²) >= 11 is 0. The van der Waals surface area contributed by atoms with E-state index >= 15 is 0 Å². The van der Waals surface area contributed by atoms with Gasteiger partial charge in [-0.15, -0.1) is 0 Å². The Morgan fingerprint density at radius 1 is 0.875 bits per heavy atom. The molecule has 0 fully saturated rings. The normalized spacial score (nSPS) is 1.50. The summed E-state index contributed by atoms with van der Waals surface area (Å²) in [6, 6.07) is 0. The molecule has 0 N–H and O–H groups in total. The SMILES string of the molecule is [CH-]=O.[CH-]=O.[CH3-].[Fe+4].[N-]=O. The van der Waals surface area contributed by atoms with Crippen LogP contribution in [0.25, 0.3) is 5.59 Å². The topological polar surface area (TPSA) is 73.5 Å². The van der Waals surface area contributed by atoms with Crippen LogP contribution in [0.15, 0.2) is 0 Å². The number of carbonyl (C=O) groups excluding carboxylic acids is 2. The zero-order chi connectivity index (χ0) is 6.00. The molecule has 48 valence electrons. The smallest absolute Gasteiger partial charge is 0.577 e. The number of rotatable bonds is 0. The van der Waals surface area contributed by atoms with Crippen molar-refractivity contribution in [1.82, 2.24) is 0 Å². The van der Waals surface area contributed by atoms with Gasteiger partial charge in [0.2, 0.25) is 0 Å². The third kappa shape index (κ3) is 372. The second-order valence-corrected chi connectivity index (χ2v) is 0. The molecule has 0 aliphatic heterocycles. The Labute approximate surface area is 58.9 Å². The van der Waals surface area contributed by atoms with E-state index < -0.39 is 0 Å². The molecular formula is C3H5FeNO3. The van der Waals surface area contributed by atoms with Crippen LogP contribution in [0.4, 0.5) is 0 Å². The van der Waals surface area contributed by atoms with Gasteiger partial charge in [0.1, 0.15) is 0 Å². The summed E-state index contributed by atoms with van der Waals surface area (Å²) < 4.78 is 0. The van der Waals surface area contributed by atoms with E-state index in [0.717, 1.165) is 0 Å². The first-order valence-electron chi connectivity index (χ1n) is 0.654. The minimum atomic E-state index is 0. The van der Waals surface area contributed by atoms with Crippen LogP contribution in [0, 0.1) is 12.3 Å². The predicted molar refractivity (Wildman–Crippen MR) is 26.6 cm³/mol. The summed E-state index contributed by atoms with van der Waals surface area (Å²) in [7, 11) is 0. The largest absolute Gasteiger partial charge is 4.00 e. The Kier molecular flexibility index (Phi) is 4240. The molecule has 0 saturated carbocycles. The quantitative estimate of drug-likeness (QED) is 0.288. The van der Waals surface area contributed by atoms with Crippen LogP contribution in [0.3, 0.4) is 0 Å². The molecule has 0 aromatic rings. The van der Waals surface area contributed by atoms with Crippen LogP contribution >= 0.6 is 0 Å². The molecule has 8 heavy (non-hydrogen) atoms. The Balaban J connectivity index is -0.00000000500. The van der Waals surface area contributed by atoms with Crippen molar-refractivity contribution in [3.8, 4) is 0 Å². The Hall–Kier alpha value is -0.541. The van der Waals surface area contributed by atoms with E-state index in [9.17, 15) is 0 Å². The summed E-state index contributed by atoms with van der Waals surface area (Å²) in [5, 5.41) is 0. The standard InChI is InChI=1S/2CHO.CH3.Fe.NO/c2*1-2;;;1-2/h2*1H;1H3;;/q3*-1;+4;-1. The third-order valence-electron chi connectivity index (χ3n) is 0. The first-order chi connectivity index (χ1) is 3.00. The maximum Gasteiger partial charge on any atom is 4.00 e. The summed E-state index contributed by atoms with van der Waals surface area (Å²) in [5.41, 5.74) is 5.75. The summed E-state index contributed by atoms with van der Waals surface area (Å²) in [4.78, 5) is 22.8. The van der Waals surface area contributed by atoms with Gasteiger partial charge in [0.15, 0.2) is 0 Å². The van der Waals surface area contributed by atoms with E-state index in [2.05, 4.69) is 13.6 Å². The Morgan fingerprint density at radius 2 is 0.875 bits per heavy atom. The molecule has 0 amide bonds. The molecule has 0 radical (unpaired) electrons. The molecule has 4 nitrogen and oxygen atoms in total. The van der Waals surface area contributed by atoms with Crippen molar-refractivity contribution in [3.63, 3.8) is 0 Å². The Morgan fingerprint density at radius 3 is 0.875 bits per heavy atom. The fourth-order valence-corrected chi connectivity index (χ4v) is 0. The Bertz CT molecular complexity index is 19.2. The summed E-state index contributed by atoms with van der Waals surface area (Å²) in [5.74, 6) is 0. The van der Waals surface area contributed by atoms with Crippen LogP contribution in [-0.2, 0) is 26.7 Å². The monoisotopic (exact) mass is 159 g/mol. The molecule has 0 aromatic heterocycles. The molecule has 0 aliphatic rings. The number of nitroso groups, excluding NO2 is 1. The van der Waals surface area contributed by atoms with Crippen molar-refractivity contribution in [2.45, 2.75) is 0 Å². The van der Waals surface area contributed by atoms with Crippen LogP contribution in [0.1, 0.15) is 0 Å². The zero-order valence-corrected chi connectivity index (χ0v) is 5.28. The fraction of sp³-hybridized carbons (Fsp3) is 0. The van der Waals surface area contributed by atoms with Gasteiger partial charge in [0, 0.05) is 0 Å². The van der Waals surface area contributed by atoms with Gasteiger partial charge in [0.25, 0.3) is 0 Å². The number of hydrogen-bond donors (Lipinski definition) is 0. The van der Waals surface area contributed by atoms with E-state index in [1.54, 1.807) is 0 Å². The van der Waals surface area contributed by atoms with Crippen LogP contribution < -0.4 is 0 Å². The van der Waals surface area contributed by atoms with Crippen molar-refractivity contribution < 1.29 is 26.7 Å². The van der Waals surface area contributed by atoms with Crippen LogP contribution in [-0.4, -0.2) is 13.6 Å². The van der Waals surface area contributed by atoms with Crippen LogP contribution in [0.2, 0.25) is 0 Å². The molecule has 0 bridgehead atoms. The van der Waals surface area contributed by atoms with E-state index in [0.29, 0.717) is 0 Å². The maximum absolute atomic E-state index is 7.75. The summed E-state index contributed by atoms with van der Waals surface area (Å²) in [6.45, 7) is 6.50. The maximum atomic E-state index is 7.75. The molecule has 5 heteroatoms. The summed E-state index contributed by atoms with van der Waals surface area (Å²) in [6.07, 6.45) is 0. The van der Waals surface area contributed by atoms with E-state index in [1.165, 1.54) is 0 Å². The molecule has 0 heterocycles. The van der Waals surface area contributed by atoms with E-state index in [4.69, 9.17) is 20.1 Å². The molecule has 0 atom stereocenters. The number of nitrogens with zero attached hydrogens (tertiary/aromatic N) is 1. The third-order valence-corrected chi connectivity index (χ3v) is 0. The van der Waals surface area contributed by atoms with Gasteiger partial charge in [-0.05, 0) is 0 Å². The molecule has 0 aromatic carbocycles. The van der Waals surface area contributed by atoms with E-state index in [1.807, 2.05) is 0 Å². The van der Waals surface area contributed by atoms with Crippen molar-refractivity contribution in [2.24, 2.45) is 0 Å². The van der Waals surface area contributed by atoms with Gasteiger partial charge in [-0.3, -0.25) is 13.6 Å². The predicted octanol–water partition coefficient (Wildman–Crippen LogP) is 0.222. The zero-order valence-electron chi connectivity index (χ0n) is 4.18. The van der Waals surface area contributed by atoms with Crippen molar-refractivity contribution in [1.29, 1.82) is 0 Å². The van der Waals surface area contributed by atoms with Crippen molar-refractivity contribution >= 4 is 13.6 Å². The molecule has 0 saturated heterocycles. The van der Waals surface area contributed by atoms with Gasteiger partial charge in [0.05, 0.1) is 0 Å². The second-order valence-electron chi connectivity index (χ2n) is 0. The fourth-order valence-electron chi connectivity index (χ4n) is 0. The minimum absolute atomic E-state index is 0. The second kappa shape index (κ2) is 659. The van der Waals surface area contributed by atoms with Crippen molar-refractivity contribution in [2.75, 3.05) is 0 Å². The average Bonchev–Trinajstić information content (AvgIpc) is 1.81. The molecule has 0 unspecified atom stereocenters. The van der Waals surface area contributed by atoms with Gasteiger partial charge in [-0.2, -0.15) is 0 Å². The number of hydrogen-bond acceptors (Lipinski definition) is 3. The minimum Gasteiger partial charge on any atom is -0.577 e. The van der Waals surface area contributed by atoms with Gasteiger partial charge in [-0.1, -0.05) is 0 Å². The molecule has 0 rings (SSSR count). The van der Waals surface area contributed by atoms with Gasteiger partial charge < -0.3 is 27.5 Å². The average molecular weight is 159 g/mol. The van der Waals surface area contributed by atoms with Gasteiger partial charge >= 0.3 is 17.1 Å². The first-order valence-corrected chi connectivity index (χ1v) is 0.654. The van der Waals surface area contributed by atoms with Crippen LogP contribution in [0.5, 0.6) is 0 Å². The van der Waals surface area contributed by atoms with Gasteiger partial charge in [-0.25, -0.2) is 0 Å². The molecule has 0 spiro atoms. The first kappa shape index (κ1) is 51.5. The van der Waals surface area contributed by atoms with Crippen molar-refractivity contribution in [3.05, 3.63) is 17.9 Å².